The molecule has 2 amide bonds. The smallest absolute Gasteiger partial charge is 0.337 e. The largest absolute Gasteiger partial charge is 0.416 e. The predicted molar refractivity (Wildman–Crippen MR) is 148 cm³/mol. The van der Waals surface area contributed by atoms with Gasteiger partial charge in [0.1, 0.15) is 0 Å². The molecule has 4 rings (SSSR count). The molecule has 202 valence electrons. The molecule has 1 saturated heterocycles. The fourth-order valence-electron chi connectivity index (χ4n) is 4.99. The van der Waals surface area contributed by atoms with Crippen LogP contribution >= 0.6 is 23.2 Å². The summed E-state index contributed by atoms with van der Waals surface area (Å²) in [6, 6.07) is 18.2. The molecule has 0 saturated carbocycles. The van der Waals surface area contributed by atoms with Gasteiger partial charge in [0, 0.05) is 17.0 Å². The first kappa shape index (κ1) is 28.3. The number of carbonyl (C=O) groups excluding carboxylic acids is 1. The van der Waals surface area contributed by atoms with Gasteiger partial charge in [-0.25, -0.2) is 4.79 Å². The summed E-state index contributed by atoms with van der Waals surface area (Å²) in [7, 11) is 0. The topological polar surface area (TPSA) is 44.4 Å². The third kappa shape index (κ3) is 6.82. The normalized spacial score (nSPS) is 15.7. The van der Waals surface area contributed by atoms with E-state index in [-0.39, 0.29) is 16.1 Å². The molecular formula is C29H30Cl2F3N3O. The van der Waals surface area contributed by atoms with Crippen molar-refractivity contribution in [3.05, 3.63) is 87.9 Å². The number of likely N-dealkylation sites (tertiary alicyclic amines) is 1. The molecule has 0 aromatic heterocycles. The number of urea groups is 1. The quantitative estimate of drug-likeness (QED) is 0.304. The molecule has 38 heavy (non-hydrogen) atoms. The van der Waals surface area contributed by atoms with Gasteiger partial charge in [0.15, 0.2) is 0 Å². The Hall–Kier alpha value is -2.74. The van der Waals surface area contributed by atoms with Crippen LogP contribution in [0.25, 0.3) is 11.1 Å². The van der Waals surface area contributed by atoms with E-state index in [2.05, 4.69) is 46.7 Å². The molecule has 2 N–H and O–H groups in total. The third-order valence-corrected chi connectivity index (χ3v) is 7.70. The Kier molecular flexibility index (Phi) is 8.91. The standard InChI is InChI=1S/C29H30Cl2F3N3O/c1-2-14-37-15-12-28(13-16-37,22-8-6-20(7-9-22)21-4-3-5-24(30)17-21)19-35-27(38)36-26-18-23(29(32,33)34)10-11-25(26)31/h3-11,17-18H,2,12-16,19H2,1H3,(H2,35,36,38). The monoisotopic (exact) mass is 563 g/mol. The fraction of sp³-hybridized carbons (Fsp3) is 0.345. The van der Waals surface area contributed by atoms with Crippen LogP contribution in [0.5, 0.6) is 0 Å². The van der Waals surface area contributed by atoms with Crippen LogP contribution < -0.4 is 10.6 Å². The van der Waals surface area contributed by atoms with Crippen LogP contribution in [-0.2, 0) is 11.6 Å². The van der Waals surface area contributed by atoms with Gasteiger partial charge >= 0.3 is 12.2 Å². The number of alkyl halides is 3. The molecule has 4 nitrogen and oxygen atoms in total. The maximum atomic E-state index is 13.1. The molecule has 3 aromatic carbocycles. The summed E-state index contributed by atoms with van der Waals surface area (Å²) in [5.74, 6) is 0. The third-order valence-electron chi connectivity index (χ3n) is 7.14. The lowest BCUT2D eigenvalue weighted by molar-refractivity contribution is -0.137. The number of anilines is 1. The molecular weight excluding hydrogens is 534 g/mol. The zero-order chi connectivity index (χ0) is 27.3. The van der Waals surface area contributed by atoms with Crippen molar-refractivity contribution in [2.45, 2.75) is 37.8 Å². The molecule has 0 spiro atoms. The van der Waals surface area contributed by atoms with Gasteiger partial charge in [-0.05, 0) is 85.9 Å². The van der Waals surface area contributed by atoms with E-state index in [1.807, 2.05) is 24.3 Å². The number of rotatable bonds is 7. The SMILES string of the molecule is CCCN1CCC(CNC(=O)Nc2cc(C(F)(F)F)ccc2Cl)(c2ccc(-c3cccc(Cl)c3)cc2)CC1. The Labute approximate surface area is 231 Å². The second kappa shape index (κ2) is 12.0. The number of hydrogen-bond donors (Lipinski definition) is 2. The van der Waals surface area contributed by atoms with Gasteiger partial charge in [0.05, 0.1) is 16.3 Å². The lowest BCUT2D eigenvalue weighted by Gasteiger charge is -2.42. The number of nitrogens with zero attached hydrogens (tertiary/aromatic N) is 1. The van der Waals surface area contributed by atoms with E-state index < -0.39 is 17.8 Å². The van der Waals surface area contributed by atoms with Crippen molar-refractivity contribution in [2.24, 2.45) is 0 Å². The van der Waals surface area contributed by atoms with Crippen LogP contribution in [0.2, 0.25) is 10.0 Å². The summed E-state index contributed by atoms with van der Waals surface area (Å²) in [5.41, 5.74) is 1.89. The highest BCUT2D eigenvalue weighted by atomic mass is 35.5. The molecule has 0 bridgehead atoms. The highest BCUT2D eigenvalue weighted by Gasteiger charge is 2.36. The van der Waals surface area contributed by atoms with E-state index >= 15 is 0 Å². The molecule has 1 aliphatic rings. The van der Waals surface area contributed by atoms with Crippen LogP contribution in [0.1, 0.15) is 37.3 Å². The minimum absolute atomic E-state index is 0.0346. The summed E-state index contributed by atoms with van der Waals surface area (Å²) in [6.07, 6.45) is -1.78. The molecule has 0 aliphatic carbocycles. The number of benzene rings is 3. The predicted octanol–water partition coefficient (Wildman–Crippen LogP) is 8.24. The molecule has 0 radical (unpaired) electrons. The zero-order valence-electron chi connectivity index (χ0n) is 21.0. The van der Waals surface area contributed by atoms with Crippen LogP contribution in [0.15, 0.2) is 66.7 Å². The zero-order valence-corrected chi connectivity index (χ0v) is 22.6. The Balaban J connectivity index is 1.52. The van der Waals surface area contributed by atoms with Crippen LogP contribution in [-0.4, -0.2) is 37.1 Å². The average molecular weight is 564 g/mol. The van der Waals surface area contributed by atoms with Gasteiger partial charge in [-0.15, -0.1) is 0 Å². The maximum Gasteiger partial charge on any atom is 0.416 e. The number of carbonyl (C=O) groups is 1. The Morgan fingerprint density at radius 1 is 0.974 bits per heavy atom. The first-order chi connectivity index (χ1) is 18.1. The number of amides is 2. The van der Waals surface area contributed by atoms with E-state index in [4.69, 9.17) is 23.2 Å². The Morgan fingerprint density at radius 3 is 2.32 bits per heavy atom. The number of halogens is 5. The van der Waals surface area contributed by atoms with Crippen molar-refractivity contribution in [3.63, 3.8) is 0 Å². The van der Waals surface area contributed by atoms with Crippen molar-refractivity contribution in [3.8, 4) is 11.1 Å². The van der Waals surface area contributed by atoms with Gasteiger partial charge in [0.2, 0.25) is 0 Å². The van der Waals surface area contributed by atoms with E-state index in [1.165, 1.54) is 0 Å². The number of hydrogen-bond acceptors (Lipinski definition) is 2. The minimum atomic E-state index is -4.54. The Bertz CT molecular complexity index is 1260. The van der Waals surface area contributed by atoms with Gasteiger partial charge in [-0.1, -0.05) is 66.5 Å². The van der Waals surface area contributed by atoms with Gasteiger partial charge in [-0.3, -0.25) is 0 Å². The van der Waals surface area contributed by atoms with Crippen molar-refractivity contribution in [1.29, 1.82) is 0 Å². The number of nitrogens with one attached hydrogen (secondary N) is 2. The minimum Gasteiger partial charge on any atom is -0.337 e. The van der Waals surface area contributed by atoms with Crippen LogP contribution in [0, 0.1) is 0 Å². The van der Waals surface area contributed by atoms with E-state index in [9.17, 15) is 18.0 Å². The summed E-state index contributed by atoms with van der Waals surface area (Å²) < 4.78 is 39.4. The van der Waals surface area contributed by atoms with E-state index in [1.54, 1.807) is 0 Å². The molecule has 0 atom stereocenters. The van der Waals surface area contributed by atoms with E-state index in [0.717, 1.165) is 73.8 Å². The van der Waals surface area contributed by atoms with Crippen LogP contribution in [0.4, 0.5) is 23.7 Å². The summed E-state index contributed by atoms with van der Waals surface area (Å²) in [5, 5.41) is 6.09. The second-order valence-corrected chi connectivity index (χ2v) is 10.6. The molecule has 9 heteroatoms. The van der Waals surface area contributed by atoms with E-state index in [0.29, 0.717) is 11.6 Å². The molecule has 3 aromatic rings. The van der Waals surface area contributed by atoms with Crippen molar-refractivity contribution in [2.75, 3.05) is 31.5 Å². The number of piperidine rings is 1. The van der Waals surface area contributed by atoms with Gasteiger partial charge in [0.25, 0.3) is 0 Å². The van der Waals surface area contributed by atoms with Crippen molar-refractivity contribution < 1.29 is 18.0 Å². The lowest BCUT2D eigenvalue weighted by Crippen LogP contribution is -2.49. The van der Waals surface area contributed by atoms with Crippen molar-refractivity contribution >= 4 is 34.9 Å². The maximum absolute atomic E-state index is 13.1. The first-order valence-electron chi connectivity index (χ1n) is 12.6. The Morgan fingerprint density at radius 2 is 1.68 bits per heavy atom. The molecule has 1 aliphatic heterocycles. The first-order valence-corrected chi connectivity index (χ1v) is 13.4. The molecule has 0 unspecified atom stereocenters. The van der Waals surface area contributed by atoms with Gasteiger partial charge < -0.3 is 15.5 Å². The average Bonchev–Trinajstić information content (AvgIpc) is 2.89. The molecule has 1 fully saturated rings. The summed E-state index contributed by atoms with van der Waals surface area (Å²) >= 11 is 12.2. The second-order valence-electron chi connectivity index (χ2n) is 9.71. The molecule has 1 heterocycles. The summed E-state index contributed by atoms with van der Waals surface area (Å²) in [4.78, 5) is 15.2. The highest BCUT2D eigenvalue weighted by molar-refractivity contribution is 6.33. The lowest BCUT2D eigenvalue weighted by atomic mass is 9.72. The van der Waals surface area contributed by atoms with Gasteiger partial charge in [-0.2, -0.15) is 13.2 Å². The van der Waals surface area contributed by atoms with Crippen molar-refractivity contribution in [1.82, 2.24) is 10.2 Å². The van der Waals surface area contributed by atoms with Crippen LogP contribution in [0.3, 0.4) is 0 Å². The fourth-order valence-corrected chi connectivity index (χ4v) is 5.34. The highest BCUT2D eigenvalue weighted by Crippen LogP contribution is 2.37. The summed E-state index contributed by atoms with van der Waals surface area (Å²) in [6.45, 7) is 5.30.